The van der Waals surface area contributed by atoms with Crippen LogP contribution in [0.4, 0.5) is 0 Å². The Labute approximate surface area is 157 Å². The lowest BCUT2D eigenvalue weighted by molar-refractivity contribution is 0.311. The molecule has 0 radical (unpaired) electrons. The lowest BCUT2D eigenvalue weighted by Crippen LogP contribution is -2.27. The van der Waals surface area contributed by atoms with Crippen molar-refractivity contribution in [2.24, 2.45) is 5.14 Å². The fraction of sp³-hybridized carbons (Fsp3) is 0.263. The van der Waals surface area contributed by atoms with Gasteiger partial charge in [0.15, 0.2) is 0 Å². The van der Waals surface area contributed by atoms with Crippen LogP contribution in [-0.4, -0.2) is 31.5 Å². The SMILES string of the molecule is Cc1ccc2c(c1)c1c(n2C#Cc2ccc(S(N)(=O)=O)s2)CCN(C)C1. The van der Waals surface area contributed by atoms with Crippen LogP contribution in [-0.2, 0) is 23.0 Å². The Bertz CT molecular complexity index is 1180. The molecule has 0 atom stereocenters. The molecule has 0 saturated heterocycles. The zero-order valence-electron chi connectivity index (χ0n) is 14.6. The first-order chi connectivity index (χ1) is 12.3. The molecule has 134 valence electrons. The smallest absolute Gasteiger partial charge is 0.247 e. The van der Waals surface area contributed by atoms with Crippen LogP contribution in [0.1, 0.15) is 21.7 Å². The molecule has 2 N–H and O–H groups in total. The number of nitrogens with two attached hydrogens (primary N) is 1. The molecule has 1 aromatic carbocycles. The molecule has 2 aromatic heterocycles. The number of sulfonamides is 1. The second-order valence-electron chi connectivity index (χ2n) is 6.67. The second-order valence-corrected chi connectivity index (χ2v) is 9.54. The summed E-state index contributed by atoms with van der Waals surface area (Å²) in [6, 6.07) is 12.9. The summed E-state index contributed by atoms with van der Waals surface area (Å²) >= 11 is 1.10. The summed E-state index contributed by atoms with van der Waals surface area (Å²) in [5, 5.41) is 6.43. The maximum absolute atomic E-state index is 11.4. The largest absolute Gasteiger partial charge is 0.302 e. The third-order valence-electron chi connectivity index (χ3n) is 4.65. The molecular formula is C19H19N3O2S2. The van der Waals surface area contributed by atoms with E-state index in [2.05, 4.69) is 53.6 Å². The van der Waals surface area contributed by atoms with Crippen LogP contribution in [0, 0.1) is 18.9 Å². The number of hydrogen-bond donors (Lipinski definition) is 1. The Kier molecular flexibility index (Phi) is 4.16. The summed E-state index contributed by atoms with van der Waals surface area (Å²) in [4.78, 5) is 3.00. The topological polar surface area (TPSA) is 68.3 Å². The van der Waals surface area contributed by atoms with Crippen LogP contribution in [0.2, 0.25) is 0 Å². The van der Waals surface area contributed by atoms with Gasteiger partial charge in [0.05, 0.1) is 10.4 Å². The average molecular weight is 386 g/mol. The highest BCUT2D eigenvalue weighted by atomic mass is 32.2. The Morgan fingerprint density at radius 3 is 2.77 bits per heavy atom. The fourth-order valence-electron chi connectivity index (χ4n) is 3.39. The number of nitrogens with zero attached hydrogens (tertiary/aromatic N) is 2. The predicted molar refractivity (Wildman–Crippen MR) is 105 cm³/mol. The summed E-state index contributed by atoms with van der Waals surface area (Å²) < 4.78 is 25.1. The van der Waals surface area contributed by atoms with Crippen molar-refractivity contribution in [1.82, 2.24) is 9.47 Å². The summed E-state index contributed by atoms with van der Waals surface area (Å²) in [6.45, 7) is 4.01. The minimum absolute atomic E-state index is 0.137. The standard InChI is InChI=1S/C19H19N3O2S2/c1-13-3-5-17-15(11-13)16-12-21(2)9-8-18(16)22(17)10-7-14-4-6-19(25-14)26(20,23)24/h3-6,11H,8-9,12H2,1-2H3,(H2,20,23,24). The number of likely N-dealkylation sites (N-methyl/N-ethyl adjacent to an activating group) is 1. The van der Waals surface area contributed by atoms with Gasteiger partial charge < -0.3 is 4.90 Å². The zero-order valence-corrected chi connectivity index (χ0v) is 16.2. The molecule has 5 nitrogen and oxygen atoms in total. The van der Waals surface area contributed by atoms with Crippen molar-refractivity contribution in [2.75, 3.05) is 13.6 Å². The number of hydrogen-bond acceptors (Lipinski definition) is 4. The number of aromatic nitrogens is 1. The van der Waals surface area contributed by atoms with Crippen LogP contribution in [0.3, 0.4) is 0 Å². The third kappa shape index (κ3) is 3.06. The first-order valence-electron chi connectivity index (χ1n) is 8.29. The lowest BCUT2D eigenvalue weighted by atomic mass is 10.0. The van der Waals surface area contributed by atoms with Crippen molar-refractivity contribution in [3.8, 4) is 12.0 Å². The highest BCUT2D eigenvalue weighted by Crippen LogP contribution is 2.31. The summed E-state index contributed by atoms with van der Waals surface area (Å²) in [7, 11) is -1.54. The molecule has 1 aliphatic rings. The van der Waals surface area contributed by atoms with E-state index in [0.29, 0.717) is 4.88 Å². The van der Waals surface area contributed by atoms with E-state index in [-0.39, 0.29) is 4.21 Å². The molecule has 26 heavy (non-hydrogen) atoms. The van der Waals surface area contributed by atoms with Gasteiger partial charge in [0.1, 0.15) is 4.21 Å². The van der Waals surface area contributed by atoms with Gasteiger partial charge in [-0.25, -0.2) is 13.6 Å². The normalized spacial score (nSPS) is 14.9. The highest BCUT2D eigenvalue weighted by Gasteiger charge is 2.22. The first kappa shape index (κ1) is 17.3. The summed E-state index contributed by atoms with van der Waals surface area (Å²) in [6.07, 6.45) is 0.946. The molecular weight excluding hydrogens is 366 g/mol. The zero-order chi connectivity index (χ0) is 18.5. The molecule has 1 aliphatic heterocycles. The van der Waals surface area contributed by atoms with Crippen molar-refractivity contribution in [3.63, 3.8) is 0 Å². The maximum atomic E-state index is 11.4. The van der Waals surface area contributed by atoms with E-state index in [1.807, 2.05) is 0 Å². The maximum Gasteiger partial charge on any atom is 0.247 e. The average Bonchev–Trinajstić information content (AvgIpc) is 3.16. The predicted octanol–water partition coefficient (Wildman–Crippen LogP) is 2.50. The molecule has 0 spiro atoms. The number of primary sulfonamides is 1. The van der Waals surface area contributed by atoms with Gasteiger partial charge in [0, 0.05) is 36.6 Å². The molecule has 0 saturated carbocycles. The second kappa shape index (κ2) is 6.25. The first-order valence-corrected chi connectivity index (χ1v) is 10.7. The minimum Gasteiger partial charge on any atom is -0.302 e. The van der Waals surface area contributed by atoms with Crippen LogP contribution in [0.5, 0.6) is 0 Å². The van der Waals surface area contributed by atoms with E-state index in [1.165, 1.54) is 28.3 Å². The summed E-state index contributed by atoms with van der Waals surface area (Å²) in [5.41, 5.74) is 4.92. The van der Waals surface area contributed by atoms with E-state index in [0.717, 1.165) is 36.4 Å². The number of aryl methyl sites for hydroxylation is 1. The quantitative estimate of drug-likeness (QED) is 0.655. The minimum atomic E-state index is -3.68. The van der Waals surface area contributed by atoms with Crippen molar-refractivity contribution < 1.29 is 8.42 Å². The van der Waals surface area contributed by atoms with Gasteiger partial charge in [-0.2, -0.15) is 0 Å². The molecule has 3 aromatic rings. The van der Waals surface area contributed by atoms with Crippen molar-refractivity contribution in [2.45, 2.75) is 24.1 Å². The lowest BCUT2D eigenvalue weighted by Gasteiger charge is -2.23. The van der Waals surface area contributed by atoms with Crippen molar-refractivity contribution >= 4 is 32.3 Å². The van der Waals surface area contributed by atoms with Gasteiger partial charge in [-0.3, -0.25) is 4.57 Å². The molecule has 0 unspecified atom stereocenters. The van der Waals surface area contributed by atoms with Crippen LogP contribution in [0.25, 0.3) is 10.9 Å². The fourth-order valence-corrected chi connectivity index (χ4v) is 4.96. The van der Waals surface area contributed by atoms with Gasteiger partial charge in [0.2, 0.25) is 10.0 Å². The van der Waals surface area contributed by atoms with Gasteiger partial charge in [0.25, 0.3) is 0 Å². The van der Waals surface area contributed by atoms with Crippen molar-refractivity contribution in [3.05, 3.63) is 52.0 Å². The number of rotatable bonds is 1. The van der Waals surface area contributed by atoms with Gasteiger partial charge in [-0.05, 0) is 49.7 Å². The summed E-state index contributed by atoms with van der Waals surface area (Å²) in [5.74, 6) is 3.11. The third-order valence-corrected chi connectivity index (χ3v) is 7.09. The van der Waals surface area contributed by atoms with Crippen LogP contribution in [0.15, 0.2) is 34.5 Å². The molecule has 0 amide bonds. The Balaban J connectivity index is 1.84. The molecule has 0 fully saturated rings. The van der Waals surface area contributed by atoms with Crippen LogP contribution >= 0.6 is 11.3 Å². The molecule has 0 bridgehead atoms. The van der Waals surface area contributed by atoms with E-state index in [4.69, 9.17) is 5.14 Å². The molecule has 3 heterocycles. The van der Waals surface area contributed by atoms with E-state index in [1.54, 1.807) is 6.07 Å². The van der Waals surface area contributed by atoms with E-state index >= 15 is 0 Å². The Morgan fingerprint density at radius 2 is 2.04 bits per heavy atom. The molecule has 7 heteroatoms. The van der Waals surface area contributed by atoms with Gasteiger partial charge >= 0.3 is 0 Å². The number of thiophene rings is 1. The van der Waals surface area contributed by atoms with Crippen molar-refractivity contribution in [1.29, 1.82) is 0 Å². The number of benzene rings is 1. The van der Waals surface area contributed by atoms with Gasteiger partial charge in [-0.1, -0.05) is 11.6 Å². The molecule has 4 rings (SSSR count). The van der Waals surface area contributed by atoms with Crippen LogP contribution < -0.4 is 5.14 Å². The van der Waals surface area contributed by atoms with E-state index < -0.39 is 10.0 Å². The Morgan fingerprint density at radius 1 is 1.23 bits per heavy atom. The monoisotopic (exact) mass is 385 g/mol. The number of fused-ring (bicyclic) bond motifs is 3. The van der Waals surface area contributed by atoms with Gasteiger partial charge in [-0.15, -0.1) is 11.3 Å². The Hall–Kier alpha value is -2.11. The van der Waals surface area contributed by atoms with E-state index in [9.17, 15) is 8.42 Å². The molecule has 0 aliphatic carbocycles. The highest BCUT2D eigenvalue weighted by molar-refractivity contribution is 7.91.